The fourth-order valence-corrected chi connectivity index (χ4v) is 3.32. The lowest BCUT2D eigenvalue weighted by molar-refractivity contribution is -0.149. The minimum atomic E-state index is -1.01. The molecule has 1 heterocycles. The molecule has 0 spiro atoms. The zero-order chi connectivity index (χ0) is 20.0. The highest BCUT2D eigenvalue weighted by molar-refractivity contribution is 5.92. The van der Waals surface area contributed by atoms with E-state index in [1.54, 1.807) is 0 Å². The standard InChI is InChI=1S/C20H29N3O4/c1-3-13(2)17(21)18(24)22-15(12-14-8-5-4-6-9-14)19(25)23-11-7-10-16(23)20(26)27/h4-6,8-9,13,15-17H,3,7,10-12,21H2,1-2H3,(H,22,24)(H,26,27)/t13-,15-,16+,17-/m0/s1. The number of aliphatic carboxylic acids is 1. The molecule has 1 saturated heterocycles. The lowest BCUT2D eigenvalue weighted by atomic mass is 9.98. The normalized spacial score (nSPS) is 20.0. The van der Waals surface area contributed by atoms with Crippen LogP contribution in [0.4, 0.5) is 0 Å². The average Bonchev–Trinajstić information content (AvgIpc) is 3.16. The molecule has 4 atom stereocenters. The number of carboxylic acids is 1. The first kappa shape index (κ1) is 20.9. The molecule has 0 bridgehead atoms. The van der Waals surface area contributed by atoms with Crippen molar-refractivity contribution in [3.63, 3.8) is 0 Å². The first-order valence-corrected chi connectivity index (χ1v) is 9.48. The maximum Gasteiger partial charge on any atom is 0.326 e. The van der Waals surface area contributed by atoms with Crippen LogP contribution >= 0.6 is 0 Å². The molecule has 0 aliphatic carbocycles. The molecular weight excluding hydrogens is 346 g/mol. The van der Waals surface area contributed by atoms with Crippen LogP contribution in [0.1, 0.15) is 38.7 Å². The molecule has 0 unspecified atom stereocenters. The summed E-state index contributed by atoms with van der Waals surface area (Å²) in [6, 6.07) is 6.96. The Morgan fingerprint density at radius 1 is 1.30 bits per heavy atom. The molecule has 0 aromatic heterocycles. The third-order valence-electron chi connectivity index (χ3n) is 5.28. The molecule has 2 amide bonds. The van der Waals surface area contributed by atoms with Gasteiger partial charge in [-0.15, -0.1) is 0 Å². The van der Waals surface area contributed by atoms with Crippen LogP contribution in [-0.2, 0) is 20.8 Å². The van der Waals surface area contributed by atoms with E-state index in [0.717, 1.165) is 12.0 Å². The van der Waals surface area contributed by atoms with Crippen LogP contribution in [0.15, 0.2) is 30.3 Å². The van der Waals surface area contributed by atoms with E-state index in [-0.39, 0.29) is 17.7 Å². The SMILES string of the molecule is CC[C@H](C)[C@H](N)C(=O)N[C@@H](Cc1ccccc1)C(=O)N1CCC[C@@H]1C(=O)O. The lowest BCUT2D eigenvalue weighted by Crippen LogP contribution is -2.56. The van der Waals surface area contributed by atoms with Gasteiger partial charge in [0.05, 0.1) is 6.04 Å². The lowest BCUT2D eigenvalue weighted by Gasteiger charge is -2.29. The number of nitrogens with two attached hydrogens (primary N) is 1. The third kappa shape index (κ3) is 5.29. The summed E-state index contributed by atoms with van der Waals surface area (Å²) in [6.45, 7) is 4.22. The van der Waals surface area contributed by atoms with Crippen LogP contribution in [-0.4, -0.2) is 52.5 Å². The molecule has 1 aromatic rings. The third-order valence-corrected chi connectivity index (χ3v) is 5.28. The molecule has 148 valence electrons. The number of nitrogens with zero attached hydrogens (tertiary/aromatic N) is 1. The second-order valence-electron chi connectivity index (χ2n) is 7.19. The molecule has 4 N–H and O–H groups in total. The van der Waals surface area contributed by atoms with Gasteiger partial charge >= 0.3 is 5.97 Å². The number of hydrogen-bond acceptors (Lipinski definition) is 4. The van der Waals surface area contributed by atoms with E-state index in [4.69, 9.17) is 5.73 Å². The maximum atomic E-state index is 13.1. The van der Waals surface area contributed by atoms with Gasteiger partial charge in [0.1, 0.15) is 12.1 Å². The van der Waals surface area contributed by atoms with Crippen LogP contribution in [0.5, 0.6) is 0 Å². The Morgan fingerprint density at radius 2 is 1.96 bits per heavy atom. The van der Waals surface area contributed by atoms with Crippen molar-refractivity contribution in [1.29, 1.82) is 0 Å². The van der Waals surface area contributed by atoms with Crippen molar-refractivity contribution in [2.75, 3.05) is 6.54 Å². The fraction of sp³-hybridized carbons (Fsp3) is 0.550. The van der Waals surface area contributed by atoms with Crippen molar-refractivity contribution in [3.8, 4) is 0 Å². The number of nitrogens with one attached hydrogen (secondary N) is 1. The van der Waals surface area contributed by atoms with Crippen molar-refractivity contribution in [3.05, 3.63) is 35.9 Å². The zero-order valence-electron chi connectivity index (χ0n) is 15.9. The van der Waals surface area contributed by atoms with Crippen molar-refractivity contribution in [2.24, 2.45) is 11.7 Å². The van der Waals surface area contributed by atoms with E-state index in [1.165, 1.54) is 4.90 Å². The predicted octanol–water partition coefficient (Wildman–Crippen LogP) is 1.16. The van der Waals surface area contributed by atoms with Crippen molar-refractivity contribution in [2.45, 2.75) is 57.7 Å². The molecule has 1 aromatic carbocycles. The van der Waals surface area contributed by atoms with Gasteiger partial charge in [0.15, 0.2) is 0 Å². The molecule has 1 aliphatic heterocycles. The summed E-state index contributed by atoms with van der Waals surface area (Å²) in [7, 11) is 0. The summed E-state index contributed by atoms with van der Waals surface area (Å²) in [5.41, 5.74) is 6.90. The predicted molar refractivity (Wildman–Crippen MR) is 102 cm³/mol. The Balaban J connectivity index is 2.19. The van der Waals surface area contributed by atoms with Crippen LogP contribution in [0, 0.1) is 5.92 Å². The minimum Gasteiger partial charge on any atom is -0.480 e. The smallest absolute Gasteiger partial charge is 0.326 e. The summed E-state index contributed by atoms with van der Waals surface area (Å²) in [4.78, 5) is 38.4. The molecule has 7 nitrogen and oxygen atoms in total. The first-order valence-electron chi connectivity index (χ1n) is 9.48. The second kappa shape index (κ2) is 9.50. The van der Waals surface area contributed by atoms with Gasteiger partial charge in [-0.3, -0.25) is 9.59 Å². The monoisotopic (exact) mass is 375 g/mol. The van der Waals surface area contributed by atoms with Crippen LogP contribution in [0.2, 0.25) is 0 Å². The number of carbonyl (C=O) groups excluding carboxylic acids is 2. The highest BCUT2D eigenvalue weighted by Gasteiger charge is 2.38. The van der Waals surface area contributed by atoms with E-state index < -0.39 is 24.1 Å². The Bertz CT molecular complexity index is 664. The van der Waals surface area contributed by atoms with Crippen LogP contribution in [0.25, 0.3) is 0 Å². The van der Waals surface area contributed by atoms with E-state index >= 15 is 0 Å². The number of likely N-dealkylation sites (tertiary alicyclic amines) is 1. The number of amides is 2. The molecule has 1 aliphatic rings. The molecule has 0 saturated carbocycles. The van der Waals surface area contributed by atoms with Crippen molar-refractivity contribution in [1.82, 2.24) is 10.2 Å². The molecule has 1 fully saturated rings. The molecule has 7 heteroatoms. The topological polar surface area (TPSA) is 113 Å². The molecule has 27 heavy (non-hydrogen) atoms. The van der Waals surface area contributed by atoms with Gasteiger partial charge in [-0.25, -0.2) is 4.79 Å². The quantitative estimate of drug-likeness (QED) is 0.631. The summed E-state index contributed by atoms with van der Waals surface area (Å²) in [6.07, 6.45) is 2.11. The van der Waals surface area contributed by atoms with Gasteiger partial charge in [-0.05, 0) is 24.3 Å². The number of carboxylic acid groups (broad SMARTS) is 1. The maximum absolute atomic E-state index is 13.1. The van der Waals surface area contributed by atoms with Crippen molar-refractivity contribution >= 4 is 17.8 Å². The molecule has 2 rings (SSSR count). The average molecular weight is 375 g/mol. The highest BCUT2D eigenvalue weighted by atomic mass is 16.4. The largest absolute Gasteiger partial charge is 0.480 e. The summed E-state index contributed by atoms with van der Waals surface area (Å²) < 4.78 is 0. The number of rotatable bonds is 8. The number of benzene rings is 1. The summed E-state index contributed by atoms with van der Waals surface area (Å²) >= 11 is 0. The van der Waals surface area contributed by atoms with Crippen molar-refractivity contribution < 1.29 is 19.5 Å². The summed E-state index contributed by atoms with van der Waals surface area (Å²) in [5.74, 6) is -1.78. The minimum absolute atomic E-state index is 0.0176. The zero-order valence-corrected chi connectivity index (χ0v) is 15.9. The van der Waals surface area contributed by atoms with Gasteiger partial charge in [0, 0.05) is 13.0 Å². The van der Waals surface area contributed by atoms with Gasteiger partial charge in [-0.1, -0.05) is 50.6 Å². The highest BCUT2D eigenvalue weighted by Crippen LogP contribution is 2.20. The first-order chi connectivity index (χ1) is 12.8. The van der Waals surface area contributed by atoms with Gasteiger partial charge < -0.3 is 21.1 Å². The summed E-state index contributed by atoms with van der Waals surface area (Å²) in [5, 5.41) is 12.1. The fourth-order valence-electron chi connectivity index (χ4n) is 3.32. The van der Waals surface area contributed by atoms with Crippen LogP contribution < -0.4 is 11.1 Å². The van der Waals surface area contributed by atoms with E-state index in [1.807, 2.05) is 44.2 Å². The van der Waals surface area contributed by atoms with Crippen LogP contribution in [0.3, 0.4) is 0 Å². The number of hydrogen-bond donors (Lipinski definition) is 3. The number of carbonyl (C=O) groups is 3. The van der Waals surface area contributed by atoms with Gasteiger partial charge in [-0.2, -0.15) is 0 Å². The Labute approximate surface area is 159 Å². The molecule has 0 radical (unpaired) electrons. The van der Waals surface area contributed by atoms with Gasteiger partial charge in [0.25, 0.3) is 0 Å². The van der Waals surface area contributed by atoms with E-state index in [2.05, 4.69) is 5.32 Å². The Kier molecular flexibility index (Phi) is 7.36. The van der Waals surface area contributed by atoms with E-state index in [0.29, 0.717) is 25.8 Å². The Hall–Kier alpha value is -2.41. The molecular formula is C20H29N3O4. The second-order valence-corrected chi connectivity index (χ2v) is 7.19. The Morgan fingerprint density at radius 3 is 2.56 bits per heavy atom. The van der Waals surface area contributed by atoms with E-state index in [9.17, 15) is 19.5 Å². The van der Waals surface area contributed by atoms with Gasteiger partial charge in [0.2, 0.25) is 11.8 Å².